The first kappa shape index (κ1) is 21.9. The highest BCUT2D eigenvalue weighted by Crippen LogP contribution is 2.41. The maximum atomic E-state index is 12.7. The molecule has 0 aliphatic heterocycles. The monoisotopic (exact) mass is 428 g/mol. The number of phenols is 2. The molecule has 0 saturated heterocycles. The van der Waals surface area contributed by atoms with E-state index in [1.54, 1.807) is 6.92 Å². The minimum Gasteiger partial charge on any atom is -0.508 e. The Bertz CT molecular complexity index is 1120. The van der Waals surface area contributed by atoms with Gasteiger partial charge in [-0.2, -0.15) is 0 Å². The number of nitrogens with one attached hydrogen (secondary N) is 2. The second-order valence-electron chi connectivity index (χ2n) is 7.16. The van der Waals surface area contributed by atoms with Crippen molar-refractivity contribution in [2.75, 3.05) is 11.9 Å². The quantitative estimate of drug-likeness (QED) is 0.447. The van der Waals surface area contributed by atoms with E-state index in [1.807, 2.05) is 20.8 Å². The molecule has 0 radical (unpaired) electrons. The molecule has 10 heteroatoms. The highest BCUT2D eigenvalue weighted by molar-refractivity contribution is 6.10. The van der Waals surface area contributed by atoms with Gasteiger partial charge in [-0.05, 0) is 24.5 Å². The van der Waals surface area contributed by atoms with Crippen molar-refractivity contribution in [3.63, 3.8) is 0 Å². The number of anilines is 1. The van der Waals surface area contributed by atoms with E-state index in [-0.39, 0.29) is 45.8 Å². The second-order valence-corrected chi connectivity index (χ2v) is 7.16. The second kappa shape index (κ2) is 8.90. The molecule has 164 valence electrons. The summed E-state index contributed by atoms with van der Waals surface area (Å²) in [6, 6.07) is 4.19. The molecule has 0 unspecified atom stereocenters. The summed E-state index contributed by atoms with van der Waals surface area (Å²) in [5, 5.41) is 33.3. The molecule has 3 rings (SSSR count). The summed E-state index contributed by atoms with van der Waals surface area (Å²) >= 11 is 0. The number of carbonyl (C=O) groups is 2. The number of nitrogens with zero attached hydrogens (tertiary/aromatic N) is 2. The van der Waals surface area contributed by atoms with Gasteiger partial charge in [-0.25, -0.2) is 0 Å². The molecule has 10 nitrogen and oxygen atoms in total. The normalized spacial score (nSPS) is 11.0. The highest BCUT2D eigenvalue weighted by Gasteiger charge is 2.28. The molecule has 31 heavy (non-hydrogen) atoms. The van der Waals surface area contributed by atoms with Crippen LogP contribution in [0.5, 0.6) is 11.5 Å². The number of carbonyl (C=O) groups excluding carboxylic acids is 2. The van der Waals surface area contributed by atoms with Gasteiger partial charge in [-0.1, -0.05) is 31.1 Å². The fraction of sp³-hybridized carbons (Fsp3) is 0.333. The number of rotatable bonds is 7. The summed E-state index contributed by atoms with van der Waals surface area (Å²) in [7, 11) is 0. The molecule has 2 heterocycles. The predicted molar refractivity (Wildman–Crippen MR) is 111 cm³/mol. The molecule has 4 N–H and O–H groups in total. The molecule has 0 fully saturated rings. The average Bonchev–Trinajstić information content (AvgIpc) is 3.35. The van der Waals surface area contributed by atoms with E-state index in [4.69, 9.17) is 9.05 Å². The van der Waals surface area contributed by atoms with Crippen LogP contribution in [-0.4, -0.2) is 38.9 Å². The molecular weight excluding hydrogens is 404 g/mol. The van der Waals surface area contributed by atoms with E-state index in [0.29, 0.717) is 24.3 Å². The van der Waals surface area contributed by atoms with Crippen LogP contribution in [-0.2, 0) is 6.42 Å². The summed E-state index contributed by atoms with van der Waals surface area (Å²) in [6.45, 7) is 7.66. The van der Waals surface area contributed by atoms with Gasteiger partial charge in [0.2, 0.25) is 0 Å². The number of amides is 2. The van der Waals surface area contributed by atoms with Crippen molar-refractivity contribution < 1.29 is 28.8 Å². The minimum absolute atomic E-state index is 0.0173. The minimum atomic E-state index is -0.638. The SMILES string of the molecule is CCNC(=O)c1noc(-c2cc(C(C)C)c(O)cc2O)c1NC(=O)c1cc(CC)on1. The lowest BCUT2D eigenvalue weighted by Gasteiger charge is -2.12. The van der Waals surface area contributed by atoms with E-state index >= 15 is 0 Å². The van der Waals surface area contributed by atoms with Crippen molar-refractivity contribution in [2.45, 2.75) is 40.0 Å². The third kappa shape index (κ3) is 4.37. The number of hydrogen-bond donors (Lipinski definition) is 4. The van der Waals surface area contributed by atoms with E-state index < -0.39 is 11.8 Å². The lowest BCUT2D eigenvalue weighted by atomic mass is 9.97. The summed E-state index contributed by atoms with van der Waals surface area (Å²) in [4.78, 5) is 25.2. The van der Waals surface area contributed by atoms with Crippen molar-refractivity contribution in [1.82, 2.24) is 15.6 Å². The van der Waals surface area contributed by atoms with Gasteiger partial charge in [0.15, 0.2) is 17.1 Å². The molecule has 1 aromatic carbocycles. The molecule has 2 aromatic heterocycles. The molecule has 0 bridgehead atoms. The Hall–Kier alpha value is -3.82. The van der Waals surface area contributed by atoms with Crippen molar-refractivity contribution in [3.8, 4) is 22.8 Å². The smallest absolute Gasteiger partial charge is 0.278 e. The van der Waals surface area contributed by atoms with Crippen molar-refractivity contribution in [1.29, 1.82) is 0 Å². The van der Waals surface area contributed by atoms with Crippen LogP contribution in [0.3, 0.4) is 0 Å². The van der Waals surface area contributed by atoms with Crippen LogP contribution in [0.15, 0.2) is 27.2 Å². The van der Waals surface area contributed by atoms with E-state index in [2.05, 4.69) is 20.9 Å². The van der Waals surface area contributed by atoms with Crippen LogP contribution in [0.25, 0.3) is 11.3 Å². The van der Waals surface area contributed by atoms with Crippen LogP contribution in [0.1, 0.15) is 65.9 Å². The van der Waals surface area contributed by atoms with Gasteiger partial charge in [0, 0.05) is 25.1 Å². The average molecular weight is 428 g/mol. The number of benzene rings is 1. The third-order valence-corrected chi connectivity index (χ3v) is 4.63. The van der Waals surface area contributed by atoms with Crippen LogP contribution < -0.4 is 10.6 Å². The van der Waals surface area contributed by atoms with Crippen molar-refractivity contribution in [2.24, 2.45) is 0 Å². The first-order valence-electron chi connectivity index (χ1n) is 9.87. The third-order valence-electron chi connectivity index (χ3n) is 4.63. The van der Waals surface area contributed by atoms with Crippen LogP contribution in [0.2, 0.25) is 0 Å². The zero-order chi connectivity index (χ0) is 22.7. The number of aryl methyl sites for hydroxylation is 1. The van der Waals surface area contributed by atoms with Crippen molar-refractivity contribution >= 4 is 17.5 Å². The summed E-state index contributed by atoms with van der Waals surface area (Å²) in [5.41, 5.74) is 0.527. The maximum absolute atomic E-state index is 12.7. The van der Waals surface area contributed by atoms with Gasteiger partial charge < -0.3 is 29.9 Å². The Labute approximate surface area is 178 Å². The number of hydrogen-bond acceptors (Lipinski definition) is 8. The van der Waals surface area contributed by atoms with Crippen molar-refractivity contribution in [3.05, 3.63) is 40.9 Å². The lowest BCUT2D eigenvalue weighted by molar-refractivity contribution is 0.0947. The van der Waals surface area contributed by atoms with Gasteiger partial charge >= 0.3 is 0 Å². The van der Waals surface area contributed by atoms with Gasteiger partial charge in [0.1, 0.15) is 22.9 Å². The molecule has 0 saturated carbocycles. The number of aromatic nitrogens is 2. The van der Waals surface area contributed by atoms with E-state index in [1.165, 1.54) is 18.2 Å². The van der Waals surface area contributed by atoms with Crippen LogP contribution in [0.4, 0.5) is 5.69 Å². The van der Waals surface area contributed by atoms with E-state index in [0.717, 1.165) is 0 Å². The molecule has 2 amide bonds. The first-order valence-corrected chi connectivity index (χ1v) is 9.87. The number of phenolic OH excluding ortho intramolecular Hbond substituents is 2. The van der Waals surface area contributed by atoms with Gasteiger partial charge in [0.05, 0.1) is 5.56 Å². The Balaban J connectivity index is 2.10. The summed E-state index contributed by atoms with van der Waals surface area (Å²) in [6.07, 6.45) is 0.558. The van der Waals surface area contributed by atoms with E-state index in [9.17, 15) is 19.8 Å². The predicted octanol–water partition coefficient (Wildman–Crippen LogP) is 3.43. The Morgan fingerprint density at radius 1 is 1.03 bits per heavy atom. The maximum Gasteiger partial charge on any atom is 0.278 e. The summed E-state index contributed by atoms with van der Waals surface area (Å²) in [5.74, 6) is -1.16. The topological polar surface area (TPSA) is 151 Å². The fourth-order valence-corrected chi connectivity index (χ4v) is 2.99. The zero-order valence-electron chi connectivity index (χ0n) is 17.6. The fourth-order valence-electron chi connectivity index (χ4n) is 2.99. The molecule has 0 spiro atoms. The van der Waals surface area contributed by atoms with Crippen LogP contribution in [0, 0.1) is 0 Å². The molecule has 0 aliphatic rings. The Morgan fingerprint density at radius 2 is 1.77 bits per heavy atom. The van der Waals surface area contributed by atoms with Gasteiger partial charge in [-0.15, -0.1) is 0 Å². The molecule has 0 aliphatic carbocycles. The Kier molecular flexibility index (Phi) is 6.28. The largest absolute Gasteiger partial charge is 0.508 e. The first-order chi connectivity index (χ1) is 14.8. The van der Waals surface area contributed by atoms with Crippen LogP contribution >= 0.6 is 0 Å². The zero-order valence-corrected chi connectivity index (χ0v) is 17.6. The molecular formula is C21H24N4O6. The standard InChI is InChI=1S/C21H24N4O6/c1-5-11-7-14(24-30-11)20(28)23-17-18(21(29)22-6-2)25-31-19(17)13-8-12(10(3)4)15(26)9-16(13)27/h7-10,26-27H,5-6H2,1-4H3,(H,22,29)(H,23,28). The highest BCUT2D eigenvalue weighted by atomic mass is 16.5. The molecule has 0 atom stereocenters. The summed E-state index contributed by atoms with van der Waals surface area (Å²) < 4.78 is 10.4. The van der Waals surface area contributed by atoms with Gasteiger partial charge in [0.25, 0.3) is 11.8 Å². The Morgan fingerprint density at radius 3 is 2.39 bits per heavy atom. The molecule has 3 aromatic rings. The lowest BCUT2D eigenvalue weighted by Crippen LogP contribution is -2.25. The number of aromatic hydroxyl groups is 2. The van der Waals surface area contributed by atoms with Gasteiger partial charge in [-0.3, -0.25) is 9.59 Å².